The van der Waals surface area contributed by atoms with E-state index in [2.05, 4.69) is 54.9 Å². The fraction of sp³-hybridized carbons (Fsp3) is 0.450. The van der Waals surface area contributed by atoms with Gasteiger partial charge in [-0.05, 0) is 120 Å². The van der Waals surface area contributed by atoms with Crippen molar-refractivity contribution < 1.29 is 30.0 Å². The quantitative estimate of drug-likeness (QED) is 0.124. The Morgan fingerprint density at radius 2 is 1.71 bits per heavy atom. The molecule has 2 N–H and O–H groups in total. The van der Waals surface area contributed by atoms with Gasteiger partial charge in [-0.15, -0.1) is 0 Å². The van der Waals surface area contributed by atoms with Crippen LogP contribution in [0.25, 0.3) is 11.1 Å². The Hall–Kier alpha value is -3.45. The number of hydrogen-bond donors (Lipinski definition) is 2. The van der Waals surface area contributed by atoms with E-state index in [0.717, 1.165) is 50.2 Å². The summed E-state index contributed by atoms with van der Waals surface area (Å²) in [5, 5.41) is 3.63. The van der Waals surface area contributed by atoms with Gasteiger partial charge in [-0.2, -0.15) is 24.9 Å². The number of fused-ring (bicyclic) bond motifs is 1. The van der Waals surface area contributed by atoms with Gasteiger partial charge in [-0.1, -0.05) is 48.0 Å². The number of rotatable bonds is 15. The van der Waals surface area contributed by atoms with Crippen molar-refractivity contribution in [2.75, 3.05) is 55.8 Å². The van der Waals surface area contributed by atoms with Crippen molar-refractivity contribution in [2.24, 2.45) is 0 Å². The standard InChI is InChI=1S/C40H49ClF3N7O4S3/c1-27-21-35-37(24-51(27)32-16-19-50(20-17-32)23-29-7-5-6-8-34(29)28-9-11-30(41)12-10-28)45-26-46-39(35)48-58(54,55)33-13-14-36(38(22-33)57(52,53)40(42,43)44)47-31(25-56-4)15-18-49(2)3/h5-14,22,26-27,31-32,47H,15-21,23-25H2,1-4H3,(H,45,46,48)/t27-,31+/m0/s1. The Kier molecular flexibility index (Phi) is 14.0. The van der Waals surface area contributed by atoms with Crippen molar-refractivity contribution >= 4 is 54.7 Å². The predicted molar refractivity (Wildman–Crippen MR) is 225 cm³/mol. The lowest BCUT2D eigenvalue weighted by Gasteiger charge is -2.44. The summed E-state index contributed by atoms with van der Waals surface area (Å²) in [7, 11) is -6.83. The molecular formula is C40H49ClF3N7O4S3. The molecule has 11 nitrogen and oxygen atoms in total. The van der Waals surface area contributed by atoms with Gasteiger partial charge in [0.2, 0.25) is 0 Å². The predicted octanol–water partition coefficient (Wildman–Crippen LogP) is 7.40. The van der Waals surface area contributed by atoms with E-state index in [0.29, 0.717) is 54.0 Å². The molecule has 1 saturated heterocycles. The van der Waals surface area contributed by atoms with Crippen LogP contribution in [0.4, 0.5) is 24.7 Å². The minimum Gasteiger partial charge on any atom is -0.380 e. The highest BCUT2D eigenvalue weighted by molar-refractivity contribution is 7.98. The van der Waals surface area contributed by atoms with Crippen molar-refractivity contribution in [3.8, 4) is 11.1 Å². The summed E-state index contributed by atoms with van der Waals surface area (Å²) < 4.78 is 97.7. The number of sulfonamides is 1. The average Bonchev–Trinajstić information content (AvgIpc) is 3.17. The number of piperidine rings is 1. The van der Waals surface area contributed by atoms with Crippen molar-refractivity contribution in [3.63, 3.8) is 0 Å². The fourth-order valence-electron chi connectivity index (χ4n) is 7.69. The lowest BCUT2D eigenvalue weighted by Crippen LogP contribution is -2.50. The number of likely N-dealkylation sites (tertiary alicyclic amines) is 1. The highest BCUT2D eigenvalue weighted by atomic mass is 35.5. The van der Waals surface area contributed by atoms with Gasteiger partial charge in [-0.25, -0.2) is 26.8 Å². The van der Waals surface area contributed by atoms with Crippen LogP contribution in [0.2, 0.25) is 5.02 Å². The van der Waals surface area contributed by atoms with Gasteiger partial charge in [0.15, 0.2) is 0 Å². The van der Waals surface area contributed by atoms with Crippen molar-refractivity contribution in [2.45, 2.75) is 79.1 Å². The third kappa shape index (κ3) is 10.3. The molecule has 3 aromatic carbocycles. The second-order valence-electron chi connectivity index (χ2n) is 15.1. The molecule has 2 aliphatic heterocycles. The molecule has 1 fully saturated rings. The van der Waals surface area contributed by atoms with Crippen LogP contribution >= 0.6 is 23.4 Å². The molecule has 1 aromatic heterocycles. The molecular weight excluding hydrogens is 831 g/mol. The molecule has 0 unspecified atom stereocenters. The molecule has 0 saturated carbocycles. The molecule has 6 rings (SSSR count). The first-order valence-corrected chi connectivity index (χ1v) is 23.7. The van der Waals surface area contributed by atoms with Crippen LogP contribution in [0.5, 0.6) is 0 Å². The number of nitrogens with zero attached hydrogens (tertiary/aromatic N) is 5. The molecule has 314 valence electrons. The van der Waals surface area contributed by atoms with Gasteiger partial charge in [0.05, 0.1) is 16.3 Å². The van der Waals surface area contributed by atoms with E-state index < -0.39 is 35.2 Å². The van der Waals surface area contributed by atoms with Crippen LogP contribution in [0.15, 0.2) is 82.8 Å². The van der Waals surface area contributed by atoms with Gasteiger partial charge < -0.3 is 10.2 Å². The SMILES string of the molecule is CSC[C@@H](CCN(C)C)Nc1ccc(S(=O)(=O)Nc2ncnc3c2C[C@H](C)N(C2CCN(Cc4ccccc4-c4ccc(Cl)cc4)CC2)C3)cc1S(=O)(=O)C(F)(F)F. The molecule has 4 aromatic rings. The maximum Gasteiger partial charge on any atom is 0.501 e. The summed E-state index contributed by atoms with van der Waals surface area (Å²) in [6.07, 6.45) is 5.92. The Balaban J connectivity index is 1.16. The number of anilines is 2. The van der Waals surface area contributed by atoms with E-state index in [1.165, 1.54) is 29.2 Å². The van der Waals surface area contributed by atoms with E-state index in [-0.39, 0.29) is 29.6 Å². The third-order valence-corrected chi connectivity index (χ3v) is 14.6. The van der Waals surface area contributed by atoms with E-state index in [4.69, 9.17) is 11.6 Å². The summed E-state index contributed by atoms with van der Waals surface area (Å²) >= 11 is 7.58. The molecule has 0 radical (unpaired) electrons. The molecule has 3 heterocycles. The number of alkyl halides is 3. The summed E-state index contributed by atoms with van der Waals surface area (Å²) in [6.45, 7) is 5.76. The number of hydrogen-bond acceptors (Lipinski definition) is 11. The summed E-state index contributed by atoms with van der Waals surface area (Å²) in [6, 6.07) is 18.9. The largest absolute Gasteiger partial charge is 0.501 e. The van der Waals surface area contributed by atoms with E-state index in [1.54, 1.807) is 0 Å². The second kappa shape index (κ2) is 18.4. The third-order valence-electron chi connectivity index (χ3n) is 10.8. The zero-order valence-electron chi connectivity index (χ0n) is 32.8. The van der Waals surface area contributed by atoms with Crippen LogP contribution in [0, 0.1) is 0 Å². The molecule has 0 spiro atoms. The number of aromatic nitrogens is 2. The molecule has 0 aliphatic carbocycles. The van der Waals surface area contributed by atoms with Gasteiger partial charge >= 0.3 is 5.51 Å². The maximum atomic E-state index is 14.0. The highest BCUT2D eigenvalue weighted by Crippen LogP contribution is 2.38. The average molecular weight is 881 g/mol. The Bertz CT molecular complexity index is 2280. The van der Waals surface area contributed by atoms with Gasteiger partial charge in [0.25, 0.3) is 19.9 Å². The van der Waals surface area contributed by atoms with E-state index >= 15 is 0 Å². The number of thioether (sulfide) groups is 1. The Morgan fingerprint density at radius 3 is 2.38 bits per heavy atom. The summed E-state index contributed by atoms with van der Waals surface area (Å²) in [5.74, 6) is 0.493. The van der Waals surface area contributed by atoms with Crippen LogP contribution < -0.4 is 10.0 Å². The maximum absolute atomic E-state index is 14.0. The number of nitrogens with one attached hydrogen (secondary N) is 2. The molecule has 0 amide bonds. The van der Waals surface area contributed by atoms with Gasteiger partial charge in [0, 0.05) is 47.6 Å². The lowest BCUT2D eigenvalue weighted by molar-refractivity contribution is -0.0435. The van der Waals surface area contributed by atoms with Crippen LogP contribution in [-0.4, -0.2) is 111 Å². The Morgan fingerprint density at radius 1 is 1.00 bits per heavy atom. The molecule has 2 aliphatic rings. The summed E-state index contributed by atoms with van der Waals surface area (Å²) in [5.41, 5.74) is -1.19. The molecule has 58 heavy (non-hydrogen) atoms. The van der Waals surface area contributed by atoms with Crippen molar-refractivity contribution in [1.29, 1.82) is 0 Å². The number of halogens is 4. The first-order chi connectivity index (χ1) is 27.5. The van der Waals surface area contributed by atoms with Crippen LogP contribution in [-0.2, 0) is 39.4 Å². The zero-order valence-corrected chi connectivity index (χ0v) is 36.0. The minimum atomic E-state index is -5.94. The monoisotopic (exact) mass is 879 g/mol. The highest BCUT2D eigenvalue weighted by Gasteiger charge is 2.48. The lowest BCUT2D eigenvalue weighted by atomic mass is 9.93. The van der Waals surface area contributed by atoms with Gasteiger partial charge in [-0.3, -0.25) is 14.5 Å². The van der Waals surface area contributed by atoms with Crippen LogP contribution in [0.1, 0.15) is 43.0 Å². The van der Waals surface area contributed by atoms with E-state index in [9.17, 15) is 30.0 Å². The minimum absolute atomic E-state index is 0.0109. The topological polar surface area (TPSA) is 128 Å². The van der Waals surface area contributed by atoms with Crippen LogP contribution in [0.3, 0.4) is 0 Å². The van der Waals surface area contributed by atoms with Gasteiger partial charge in [0.1, 0.15) is 17.0 Å². The first-order valence-electron chi connectivity index (χ1n) is 19.0. The number of benzene rings is 3. The normalized spacial score (nSPS) is 17.9. The zero-order chi connectivity index (χ0) is 41.8. The number of sulfone groups is 1. The molecule has 2 atom stereocenters. The molecule has 0 bridgehead atoms. The first kappa shape index (κ1) is 44.1. The summed E-state index contributed by atoms with van der Waals surface area (Å²) in [4.78, 5) is 13.7. The van der Waals surface area contributed by atoms with Crippen molar-refractivity contribution in [1.82, 2.24) is 24.7 Å². The fourth-order valence-corrected chi connectivity index (χ4v) is 10.6. The second-order valence-corrected chi connectivity index (χ2v) is 20.1. The van der Waals surface area contributed by atoms with E-state index in [1.807, 2.05) is 55.6 Å². The van der Waals surface area contributed by atoms with Crippen molar-refractivity contribution in [3.05, 3.63) is 94.9 Å². The Labute approximate surface area is 348 Å². The smallest absolute Gasteiger partial charge is 0.380 e. The molecule has 18 heteroatoms.